The maximum Gasteiger partial charge on any atom is 0.314 e. The number of likely N-dealkylation sites (N-methyl/N-ethyl adjacent to an activating group) is 1. The van der Waals surface area contributed by atoms with Gasteiger partial charge in [0, 0.05) is 19.6 Å². The van der Waals surface area contributed by atoms with Gasteiger partial charge in [-0.15, -0.1) is 0 Å². The fraction of sp³-hybridized carbons (Fsp3) is 0.800. The molecule has 16 heavy (non-hydrogen) atoms. The summed E-state index contributed by atoms with van der Waals surface area (Å²) in [6.45, 7) is 5.99. The molecule has 0 saturated carbocycles. The van der Waals surface area contributed by atoms with E-state index in [4.69, 9.17) is 5.11 Å². The van der Waals surface area contributed by atoms with Crippen LogP contribution >= 0.6 is 0 Å². The van der Waals surface area contributed by atoms with E-state index in [-0.39, 0.29) is 12.6 Å². The van der Waals surface area contributed by atoms with Crippen molar-refractivity contribution < 1.29 is 14.7 Å². The highest BCUT2D eigenvalue weighted by atomic mass is 16.4. The number of urea groups is 1. The average Bonchev–Trinajstić information content (AvgIpc) is 2.25. The Morgan fingerprint density at radius 2 is 2.00 bits per heavy atom. The average molecular weight is 231 g/mol. The Labute approximate surface area is 96.0 Å². The molecule has 0 aliphatic heterocycles. The molecule has 0 aliphatic carbocycles. The lowest BCUT2D eigenvalue weighted by atomic mass is 10.2. The molecule has 6 nitrogen and oxygen atoms in total. The van der Waals surface area contributed by atoms with E-state index >= 15 is 0 Å². The van der Waals surface area contributed by atoms with E-state index in [0.29, 0.717) is 6.54 Å². The van der Waals surface area contributed by atoms with Crippen molar-refractivity contribution in [2.24, 2.45) is 5.92 Å². The number of nitrogens with zero attached hydrogens (tertiary/aromatic N) is 1. The van der Waals surface area contributed by atoms with E-state index in [2.05, 4.69) is 15.5 Å². The molecule has 0 spiro atoms. The number of carboxylic acid groups (broad SMARTS) is 1. The van der Waals surface area contributed by atoms with Crippen molar-refractivity contribution in [1.82, 2.24) is 15.5 Å². The summed E-state index contributed by atoms with van der Waals surface area (Å²) in [5.74, 6) is -1.48. The van der Waals surface area contributed by atoms with Crippen LogP contribution in [-0.4, -0.2) is 55.2 Å². The smallest absolute Gasteiger partial charge is 0.314 e. The maximum atomic E-state index is 11.2. The van der Waals surface area contributed by atoms with Gasteiger partial charge in [0.2, 0.25) is 0 Å². The van der Waals surface area contributed by atoms with Crippen molar-refractivity contribution in [3.05, 3.63) is 0 Å². The van der Waals surface area contributed by atoms with Crippen molar-refractivity contribution in [2.75, 3.05) is 33.2 Å². The fourth-order valence-electron chi connectivity index (χ4n) is 0.914. The van der Waals surface area contributed by atoms with Crippen molar-refractivity contribution in [3.63, 3.8) is 0 Å². The number of rotatable bonds is 7. The van der Waals surface area contributed by atoms with Crippen molar-refractivity contribution in [2.45, 2.75) is 13.8 Å². The van der Waals surface area contributed by atoms with Crippen LogP contribution in [0.4, 0.5) is 4.79 Å². The number of carbonyl (C=O) groups excluding carboxylic acids is 1. The minimum atomic E-state index is -0.911. The standard InChI is InChI=1S/C10H21N3O3/c1-4-13(3)6-5-11-10(16)12-7-8(2)9(14)15/h8H,4-7H2,1-3H3,(H,14,15)(H2,11,12,16). The maximum absolute atomic E-state index is 11.2. The van der Waals surface area contributed by atoms with Crippen LogP contribution in [0.1, 0.15) is 13.8 Å². The lowest BCUT2D eigenvalue weighted by Crippen LogP contribution is -2.41. The SMILES string of the molecule is CCN(C)CCNC(=O)NCC(C)C(=O)O. The van der Waals surface area contributed by atoms with E-state index in [1.165, 1.54) is 0 Å². The molecule has 0 radical (unpaired) electrons. The molecule has 1 atom stereocenters. The minimum Gasteiger partial charge on any atom is -0.481 e. The van der Waals surface area contributed by atoms with Crippen LogP contribution in [0.2, 0.25) is 0 Å². The van der Waals surface area contributed by atoms with Crippen molar-refractivity contribution in [3.8, 4) is 0 Å². The molecular weight excluding hydrogens is 210 g/mol. The van der Waals surface area contributed by atoms with E-state index in [1.807, 2.05) is 14.0 Å². The van der Waals surface area contributed by atoms with Crippen LogP contribution in [0.3, 0.4) is 0 Å². The second kappa shape index (κ2) is 7.92. The Kier molecular flexibility index (Phi) is 7.28. The lowest BCUT2D eigenvalue weighted by Gasteiger charge is -2.14. The molecule has 0 aromatic heterocycles. The van der Waals surface area contributed by atoms with Gasteiger partial charge in [-0.05, 0) is 13.6 Å². The van der Waals surface area contributed by atoms with Crippen LogP contribution in [0.15, 0.2) is 0 Å². The zero-order chi connectivity index (χ0) is 12.6. The number of amides is 2. The third-order valence-electron chi connectivity index (χ3n) is 2.31. The molecule has 94 valence electrons. The van der Waals surface area contributed by atoms with E-state index in [9.17, 15) is 9.59 Å². The van der Waals surface area contributed by atoms with Crippen molar-refractivity contribution >= 4 is 12.0 Å². The third kappa shape index (κ3) is 7.05. The summed E-state index contributed by atoms with van der Waals surface area (Å²) in [7, 11) is 1.96. The number of aliphatic carboxylic acids is 1. The quantitative estimate of drug-likeness (QED) is 0.574. The Bertz CT molecular complexity index is 233. The van der Waals surface area contributed by atoms with Gasteiger partial charge in [-0.25, -0.2) is 4.79 Å². The van der Waals surface area contributed by atoms with Gasteiger partial charge in [0.15, 0.2) is 0 Å². The number of hydrogen-bond donors (Lipinski definition) is 3. The summed E-state index contributed by atoms with van der Waals surface area (Å²) in [5, 5.41) is 13.8. The molecule has 0 saturated heterocycles. The zero-order valence-electron chi connectivity index (χ0n) is 10.1. The Hall–Kier alpha value is -1.30. The second-order valence-electron chi connectivity index (χ2n) is 3.77. The van der Waals surface area contributed by atoms with Crippen LogP contribution < -0.4 is 10.6 Å². The Morgan fingerprint density at radius 3 is 2.50 bits per heavy atom. The van der Waals surface area contributed by atoms with Gasteiger partial charge in [0.05, 0.1) is 5.92 Å². The molecule has 0 heterocycles. The van der Waals surface area contributed by atoms with Crippen LogP contribution in [0, 0.1) is 5.92 Å². The minimum absolute atomic E-state index is 0.144. The van der Waals surface area contributed by atoms with Gasteiger partial charge < -0.3 is 20.6 Å². The van der Waals surface area contributed by atoms with Gasteiger partial charge in [-0.1, -0.05) is 13.8 Å². The fourth-order valence-corrected chi connectivity index (χ4v) is 0.914. The predicted molar refractivity (Wildman–Crippen MR) is 61.4 cm³/mol. The normalized spacial score (nSPS) is 12.2. The molecule has 0 aromatic carbocycles. The van der Waals surface area contributed by atoms with Crippen LogP contribution in [0.5, 0.6) is 0 Å². The van der Waals surface area contributed by atoms with E-state index in [0.717, 1.165) is 13.1 Å². The van der Waals surface area contributed by atoms with Gasteiger partial charge in [0.1, 0.15) is 0 Å². The first-order valence-electron chi connectivity index (χ1n) is 5.40. The van der Waals surface area contributed by atoms with Gasteiger partial charge in [-0.3, -0.25) is 4.79 Å². The summed E-state index contributed by atoms with van der Waals surface area (Å²) >= 11 is 0. The molecule has 0 aliphatic rings. The van der Waals surface area contributed by atoms with E-state index in [1.54, 1.807) is 6.92 Å². The highest BCUT2D eigenvalue weighted by Gasteiger charge is 2.11. The topological polar surface area (TPSA) is 81.7 Å². The molecule has 0 aromatic rings. The first-order chi connectivity index (χ1) is 7.47. The predicted octanol–water partition coefficient (Wildman–Crippen LogP) is -0.0420. The van der Waals surface area contributed by atoms with Gasteiger partial charge in [-0.2, -0.15) is 0 Å². The third-order valence-corrected chi connectivity index (χ3v) is 2.31. The molecule has 0 fully saturated rings. The second-order valence-corrected chi connectivity index (χ2v) is 3.77. The largest absolute Gasteiger partial charge is 0.481 e. The zero-order valence-corrected chi connectivity index (χ0v) is 10.1. The summed E-state index contributed by atoms with van der Waals surface area (Å²) in [4.78, 5) is 23.8. The first kappa shape index (κ1) is 14.7. The lowest BCUT2D eigenvalue weighted by molar-refractivity contribution is -0.140. The number of carboxylic acids is 1. The highest BCUT2D eigenvalue weighted by Crippen LogP contribution is 1.90. The molecule has 2 amide bonds. The number of carbonyl (C=O) groups is 2. The van der Waals surface area contributed by atoms with Crippen LogP contribution in [0.25, 0.3) is 0 Å². The number of nitrogens with one attached hydrogen (secondary N) is 2. The highest BCUT2D eigenvalue weighted by molar-refractivity contribution is 5.75. The van der Waals surface area contributed by atoms with Crippen molar-refractivity contribution in [1.29, 1.82) is 0 Å². The molecule has 0 bridgehead atoms. The Balaban J connectivity index is 3.56. The summed E-state index contributed by atoms with van der Waals surface area (Å²) < 4.78 is 0. The summed E-state index contributed by atoms with van der Waals surface area (Å²) in [5.41, 5.74) is 0. The molecule has 1 unspecified atom stereocenters. The first-order valence-corrected chi connectivity index (χ1v) is 5.40. The molecule has 0 rings (SSSR count). The molecule has 3 N–H and O–H groups in total. The summed E-state index contributed by atoms with van der Waals surface area (Å²) in [6.07, 6.45) is 0. The number of hydrogen-bond acceptors (Lipinski definition) is 3. The van der Waals surface area contributed by atoms with Gasteiger partial charge in [0.25, 0.3) is 0 Å². The monoisotopic (exact) mass is 231 g/mol. The Morgan fingerprint density at radius 1 is 1.38 bits per heavy atom. The summed E-state index contributed by atoms with van der Waals surface area (Å²) in [6, 6.07) is -0.322. The molecular formula is C10H21N3O3. The van der Waals surface area contributed by atoms with Gasteiger partial charge >= 0.3 is 12.0 Å². The molecule has 6 heteroatoms. The van der Waals surface area contributed by atoms with E-state index < -0.39 is 11.9 Å². The van der Waals surface area contributed by atoms with Crippen LogP contribution in [-0.2, 0) is 4.79 Å².